The lowest BCUT2D eigenvalue weighted by Crippen LogP contribution is -2.39. The van der Waals surface area contributed by atoms with Crippen LogP contribution in [0.4, 0.5) is 0 Å². The first-order chi connectivity index (χ1) is 13.3. The minimum absolute atomic E-state index is 0.410. The second kappa shape index (κ2) is 9.57. The van der Waals surface area contributed by atoms with Crippen molar-refractivity contribution in [3.63, 3.8) is 0 Å². The fourth-order valence-corrected chi connectivity index (χ4v) is 2.95. The van der Waals surface area contributed by atoms with Crippen molar-refractivity contribution < 1.29 is 0 Å². The predicted molar refractivity (Wildman–Crippen MR) is 111 cm³/mol. The lowest BCUT2D eigenvalue weighted by atomic mass is 10.0. The molecule has 5 heteroatoms. The molecule has 0 bridgehead atoms. The first-order valence-corrected chi connectivity index (χ1v) is 9.41. The number of guanidine groups is 1. The maximum absolute atomic E-state index is 4.78. The summed E-state index contributed by atoms with van der Waals surface area (Å²) in [5, 5.41) is 6.80. The van der Waals surface area contributed by atoms with Gasteiger partial charge in [-0.25, -0.2) is 9.98 Å². The van der Waals surface area contributed by atoms with E-state index in [9.17, 15) is 0 Å². The van der Waals surface area contributed by atoms with Crippen molar-refractivity contribution in [3.8, 4) is 5.69 Å². The second-order valence-electron chi connectivity index (χ2n) is 6.49. The fourth-order valence-electron chi connectivity index (χ4n) is 2.95. The largest absolute Gasteiger partial charge is 0.357 e. The highest BCUT2D eigenvalue weighted by Crippen LogP contribution is 2.15. The maximum atomic E-state index is 4.78. The minimum atomic E-state index is 0.410. The third kappa shape index (κ3) is 5.20. The van der Waals surface area contributed by atoms with Crippen molar-refractivity contribution in [2.75, 3.05) is 13.1 Å². The smallest absolute Gasteiger partial charge is 0.191 e. The molecule has 0 fully saturated rings. The highest BCUT2D eigenvalue weighted by molar-refractivity contribution is 5.79. The Morgan fingerprint density at radius 2 is 1.85 bits per heavy atom. The average Bonchev–Trinajstić information content (AvgIpc) is 3.25. The third-order valence-electron chi connectivity index (χ3n) is 4.47. The number of nitrogens with zero attached hydrogens (tertiary/aromatic N) is 3. The Kier molecular flexibility index (Phi) is 6.63. The number of hydrogen-bond donors (Lipinski definition) is 2. The van der Waals surface area contributed by atoms with Crippen LogP contribution >= 0.6 is 0 Å². The molecule has 1 atom stereocenters. The molecule has 3 rings (SSSR count). The summed E-state index contributed by atoms with van der Waals surface area (Å²) >= 11 is 0. The molecule has 0 saturated carbocycles. The van der Waals surface area contributed by atoms with Gasteiger partial charge in [-0.15, -0.1) is 0 Å². The van der Waals surface area contributed by atoms with Gasteiger partial charge in [-0.2, -0.15) is 0 Å². The minimum Gasteiger partial charge on any atom is -0.357 e. The van der Waals surface area contributed by atoms with Gasteiger partial charge in [0, 0.05) is 25.5 Å². The molecule has 27 heavy (non-hydrogen) atoms. The van der Waals surface area contributed by atoms with E-state index < -0.39 is 0 Å². The molecule has 0 spiro atoms. The van der Waals surface area contributed by atoms with Crippen LogP contribution in [0, 0.1) is 0 Å². The molecule has 140 valence electrons. The Morgan fingerprint density at radius 3 is 2.59 bits per heavy atom. The van der Waals surface area contributed by atoms with Crippen molar-refractivity contribution in [1.82, 2.24) is 20.2 Å². The predicted octanol–water partition coefficient (Wildman–Crippen LogP) is 3.73. The van der Waals surface area contributed by atoms with E-state index in [1.54, 1.807) is 6.20 Å². The van der Waals surface area contributed by atoms with Crippen LogP contribution in [-0.2, 0) is 6.54 Å². The summed E-state index contributed by atoms with van der Waals surface area (Å²) in [7, 11) is 0. The van der Waals surface area contributed by atoms with E-state index in [1.807, 2.05) is 35.3 Å². The molecular formula is C22H27N5. The quantitative estimate of drug-likeness (QED) is 0.498. The monoisotopic (exact) mass is 361 g/mol. The van der Waals surface area contributed by atoms with Gasteiger partial charge in [0.15, 0.2) is 5.96 Å². The van der Waals surface area contributed by atoms with Crippen LogP contribution in [0.5, 0.6) is 0 Å². The molecule has 1 aromatic heterocycles. The van der Waals surface area contributed by atoms with Crippen molar-refractivity contribution in [2.45, 2.75) is 26.3 Å². The van der Waals surface area contributed by atoms with Crippen molar-refractivity contribution in [3.05, 3.63) is 84.4 Å². The van der Waals surface area contributed by atoms with Crippen molar-refractivity contribution >= 4 is 5.96 Å². The Morgan fingerprint density at radius 1 is 1.07 bits per heavy atom. The lowest BCUT2D eigenvalue weighted by Gasteiger charge is -2.16. The van der Waals surface area contributed by atoms with Crippen LogP contribution in [-0.4, -0.2) is 28.6 Å². The number of hydrogen-bond acceptors (Lipinski definition) is 2. The van der Waals surface area contributed by atoms with Crippen LogP contribution in [0.25, 0.3) is 5.69 Å². The molecule has 5 nitrogen and oxygen atoms in total. The van der Waals surface area contributed by atoms with E-state index >= 15 is 0 Å². The number of benzene rings is 2. The van der Waals surface area contributed by atoms with E-state index in [0.29, 0.717) is 12.5 Å². The summed E-state index contributed by atoms with van der Waals surface area (Å²) < 4.78 is 2.02. The summed E-state index contributed by atoms with van der Waals surface area (Å²) in [6, 6.07) is 18.8. The van der Waals surface area contributed by atoms with Gasteiger partial charge < -0.3 is 15.2 Å². The molecule has 3 aromatic rings. The van der Waals surface area contributed by atoms with Gasteiger partial charge in [-0.05, 0) is 30.0 Å². The molecule has 1 heterocycles. The van der Waals surface area contributed by atoms with Crippen LogP contribution in [0.3, 0.4) is 0 Å². The lowest BCUT2D eigenvalue weighted by molar-refractivity contribution is 0.699. The zero-order valence-corrected chi connectivity index (χ0v) is 16.0. The SMILES string of the molecule is CCNC(=NCc1ccccc1-n1ccnc1)NCC(C)c1ccccc1. The standard InChI is InChI=1S/C22H27N5/c1-3-24-22(25-15-18(2)19-9-5-4-6-10-19)26-16-20-11-7-8-12-21(20)27-14-13-23-17-27/h4-14,17-18H,3,15-16H2,1-2H3,(H2,24,25,26). The van der Waals surface area contributed by atoms with E-state index in [-0.39, 0.29) is 0 Å². The van der Waals surface area contributed by atoms with Crippen LogP contribution in [0.15, 0.2) is 78.3 Å². The second-order valence-corrected chi connectivity index (χ2v) is 6.49. The fraction of sp³-hybridized carbons (Fsp3) is 0.273. The molecule has 0 radical (unpaired) electrons. The summed E-state index contributed by atoms with van der Waals surface area (Å²) in [5.74, 6) is 1.24. The highest BCUT2D eigenvalue weighted by Gasteiger charge is 2.07. The Labute approximate surface area is 161 Å². The number of imidazole rings is 1. The zero-order valence-electron chi connectivity index (χ0n) is 16.0. The van der Waals surface area contributed by atoms with Crippen molar-refractivity contribution in [1.29, 1.82) is 0 Å². The van der Waals surface area contributed by atoms with E-state index in [1.165, 1.54) is 5.56 Å². The molecule has 0 aliphatic carbocycles. The summed E-state index contributed by atoms with van der Waals surface area (Å²) in [6.45, 7) is 6.56. The van der Waals surface area contributed by atoms with Gasteiger partial charge in [0.25, 0.3) is 0 Å². The number of para-hydroxylation sites is 1. The number of aliphatic imine (C=N–C) groups is 1. The van der Waals surface area contributed by atoms with Gasteiger partial charge >= 0.3 is 0 Å². The number of aromatic nitrogens is 2. The highest BCUT2D eigenvalue weighted by atomic mass is 15.2. The Hall–Kier alpha value is -3.08. The summed E-state index contributed by atoms with van der Waals surface area (Å²) in [4.78, 5) is 8.92. The third-order valence-corrected chi connectivity index (χ3v) is 4.47. The van der Waals surface area contributed by atoms with Crippen LogP contribution in [0.2, 0.25) is 0 Å². The molecule has 1 unspecified atom stereocenters. The molecular weight excluding hydrogens is 334 g/mol. The van der Waals surface area contributed by atoms with Gasteiger partial charge in [-0.3, -0.25) is 0 Å². The van der Waals surface area contributed by atoms with Crippen LogP contribution in [0.1, 0.15) is 30.9 Å². The maximum Gasteiger partial charge on any atom is 0.191 e. The van der Waals surface area contributed by atoms with Gasteiger partial charge in [0.2, 0.25) is 0 Å². The summed E-state index contributed by atoms with van der Waals surface area (Å²) in [5.41, 5.74) is 3.59. The van der Waals surface area contributed by atoms with E-state index in [4.69, 9.17) is 4.99 Å². The number of nitrogens with one attached hydrogen (secondary N) is 2. The molecule has 0 saturated heterocycles. The van der Waals surface area contributed by atoms with Crippen LogP contribution < -0.4 is 10.6 Å². The normalized spacial score (nSPS) is 12.6. The first kappa shape index (κ1) is 18.7. The topological polar surface area (TPSA) is 54.2 Å². The average molecular weight is 361 g/mol. The first-order valence-electron chi connectivity index (χ1n) is 9.41. The van der Waals surface area contributed by atoms with E-state index in [2.05, 4.69) is 65.9 Å². The van der Waals surface area contributed by atoms with Gasteiger partial charge in [0.05, 0.1) is 18.6 Å². The van der Waals surface area contributed by atoms with Gasteiger partial charge in [-0.1, -0.05) is 55.5 Å². The zero-order chi connectivity index (χ0) is 18.9. The number of rotatable bonds is 7. The van der Waals surface area contributed by atoms with E-state index in [0.717, 1.165) is 30.3 Å². The Balaban J connectivity index is 1.68. The summed E-state index contributed by atoms with van der Waals surface area (Å²) in [6.07, 6.45) is 5.55. The molecule has 0 aliphatic heterocycles. The Bertz CT molecular complexity index is 840. The molecule has 0 aliphatic rings. The van der Waals surface area contributed by atoms with Gasteiger partial charge in [0.1, 0.15) is 0 Å². The molecule has 2 aromatic carbocycles. The molecule has 2 N–H and O–H groups in total. The molecule has 0 amide bonds. The van der Waals surface area contributed by atoms with Crippen molar-refractivity contribution in [2.24, 2.45) is 4.99 Å².